The maximum atomic E-state index is 10.8. The van der Waals surface area contributed by atoms with Crippen LogP contribution < -0.4 is 0 Å². The first-order valence-corrected chi connectivity index (χ1v) is 14.1. The Hall–Kier alpha value is -0.710. The Morgan fingerprint density at radius 2 is 0.828 bits per heavy atom. The SMILES string of the molecule is CCCCCCCCCCCCCCCCCC[SH](CCC(=O)O)CCC(=O)O. The molecule has 0 saturated heterocycles. The number of hydrogen-bond donors (Lipinski definition) is 3. The molecule has 0 rings (SSSR count). The molecule has 0 radical (unpaired) electrons. The molecule has 0 aromatic heterocycles. The standard InChI is InChI=1S/C24H48O4S/c1-2-3-4-5-6-7-8-9-10-11-12-13-14-15-16-17-20-29(21-18-23(25)26)22-19-24(27)28/h29H,2-22H2,1H3,(H,25,26)(H,27,28). The van der Waals surface area contributed by atoms with Gasteiger partial charge in [0, 0.05) is 0 Å². The lowest BCUT2D eigenvalue weighted by atomic mass is 10.0. The maximum Gasteiger partial charge on any atom is 0.304 e. The summed E-state index contributed by atoms with van der Waals surface area (Å²) in [6, 6.07) is 0. The lowest BCUT2D eigenvalue weighted by molar-refractivity contribution is -0.137. The second kappa shape index (κ2) is 22.0. The summed E-state index contributed by atoms with van der Waals surface area (Å²) in [4.78, 5) is 21.5. The highest BCUT2D eigenvalue weighted by Crippen LogP contribution is 2.29. The Bertz CT molecular complexity index is 369. The second-order valence-corrected chi connectivity index (χ2v) is 11.1. The Morgan fingerprint density at radius 1 is 0.517 bits per heavy atom. The first-order valence-electron chi connectivity index (χ1n) is 12.2. The number of rotatable bonds is 23. The van der Waals surface area contributed by atoms with Gasteiger partial charge in [0.15, 0.2) is 0 Å². The molecule has 0 aromatic carbocycles. The van der Waals surface area contributed by atoms with E-state index in [9.17, 15) is 9.59 Å². The molecule has 0 aromatic rings. The largest absolute Gasteiger partial charge is 0.481 e. The van der Waals surface area contributed by atoms with E-state index in [1.165, 1.54) is 96.3 Å². The van der Waals surface area contributed by atoms with Crippen LogP contribution in [0, 0.1) is 0 Å². The van der Waals surface area contributed by atoms with Gasteiger partial charge in [0.1, 0.15) is 0 Å². The molecule has 0 heterocycles. The van der Waals surface area contributed by atoms with E-state index in [-0.39, 0.29) is 12.8 Å². The van der Waals surface area contributed by atoms with Gasteiger partial charge in [-0.2, -0.15) is 0 Å². The van der Waals surface area contributed by atoms with Crippen molar-refractivity contribution in [3.63, 3.8) is 0 Å². The number of unbranched alkanes of at least 4 members (excludes halogenated alkanes) is 15. The van der Waals surface area contributed by atoms with Crippen molar-refractivity contribution < 1.29 is 19.8 Å². The van der Waals surface area contributed by atoms with Crippen LogP contribution in [0.1, 0.15) is 122 Å². The lowest BCUT2D eigenvalue weighted by Gasteiger charge is -2.19. The van der Waals surface area contributed by atoms with Gasteiger partial charge in [-0.05, 0) is 23.7 Å². The van der Waals surface area contributed by atoms with Crippen LogP contribution in [-0.4, -0.2) is 39.4 Å². The molecule has 0 unspecified atom stereocenters. The van der Waals surface area contributed by atoms with Crippen LogP contribution in [0.25, 0.3) is 0 Å². The number of carboxylic acids is 2. The molecule has 5 heteroatoms. The van der Waals surface area contributed by atoms with E-state index in [1.54, 1.807) is 0 Å². The first-order chi connectivity index (χ1) is 14.1. The second-order valence-electron chi connectivity index (χ2n) is 8.43. The summed E-state index contributed by atoms with van der Waals surface area (Å²) < 4.78 is 0. The van der Waals surface area contributed by atoms with Gasteiger partial charge in [-0.25, -0.2) is 0 Å². The molecule has 0 atom stereocenters. The fourth-order valence-electron chi connectivity index (χ4n) is 3.73. The van der Waals surface area contributed by atoms with E-state index in [4.69, 9.17) is 10.2 Å². The van der Waals surface area contributed by atoms with Gasteiger partial charge in [-0.1, -0.05) is 103 Å². The summed E-state index contributed by atoms with van der Waals surface area (Å²) in [5.41, 5.74) is 0. The quantitative estimate of drug-likeness (QED) is 0.118. The third-order valence-electron chi connectivity index (χ3n) is 5.61. The number of carbonyl (C=O) groups is 2. The summed E-state index contributed by atoms with van der Waals surface area (Å²) in [5, 5.41) is 17.7. The number of thiol groups is 1. The maximum absolute atomic E-state index is 10.8. The van der Waals surface area contributed by atoms with Crippen molar-refractivity contribution in [3.05, 3.63) is 0 Å². The molecule has 29 heavy (non-hydrogen) atoms. The predicted molar refractivity (Wildman–Crippen MR) is 128 cm³/mol. The molecule has 4 nitrogen and oxygen atoms in total. The summed E-state index contributed by atoms with van der Waals surface area (Å²) in [7, 11) is -0.430. The molecule has 174 valence electrons. The molecule has 0 spiro atoms. The van der Waals surface area contributed by atoms with Gasteiger partial charge >= 0.3 is 11.9 Å². The van der Waals surface area contributed by atoms with E-state index in [0.29, 0.717) is 11.5 Å². The first kappa shape index (κ1) is 28.3. The average Bonchev–Trinajstić information content (AvgIpc) is 2.68. The van der Waals surface area contributed by atoms with Crippen LogP contribution in [0.15, 0.2) is 0 Å². The monoisotopic (exact) mass is 432 g/mol. The molecule has 0 saturated carbocycles. The lowest BCUT2D eigenvalue weighted by Crippen LogP contribution is -2.08. The Morgan fingerprint density at radius 3 is 1.14 bits per heavy atom. The van der Waals surface area contributed by atoms with Gasteiger partial charge in [0.2, 0.25) is 0 Å². The van der Waals surface area contributed by atoms with Crippen molar-refractivity contribution in [1.29, 1.82) is 0 Å². The highest BCUT2D eigenvalue weighted by atomic mass is 32.2. The van der Waals surface area contributed by atoms with Crippen LogP contribution in [0.2, 0.25) is 0 Å². The highest BCUT2D eigenvalue weighted by Gasteiger charge is 2.09. The topological polar surface area (TPSA) is 74.6 Å². The van der Waals surface area contributed by atoms with Crippen molar-refractivity contribution in [2.45, 2.75) is 122 Å². The van der Waals surface area contributed by atoms with Gasteiger partial charge < -0.3 is 10.2 Å². The van der Waals surface area contributed by atoms with E-state index in [1.807, 2.05) is 0 Å². The van der Waals surface area contributed by atoms with E-state index >= 15 is 0 Å². The van der Waals surface area contributed by atoms with Gasteiger partial charge in [-0.15, -0.1) is 0 Å². The van der Waals surface area contributed by atoms with Crippen molar-refractivity contribution in [2.24, 2.45) is 0 Å². The highest BCUT2D eigenvalue weighted by molar-refractivity contribution is 8.17. The number of hydrogen-bond acceptors (Lipinski definition) is 2. The average molecular weight is 433 g/mol. The summed E-state index contributed by atoms with van der Waals surface area (Å²) >= 11 is 0. The zero-order valence-electron chi connectivity index (χ0n) is 19.0. The van der Waals surface area contributed by atoms with Crippen molar-refractivity contribution in [2.75, 3.05) is 17.3 Å². The van der Waals surface area contributed by atoms with Crippen LogP contribution in [-0.2, 0) is 9.59 Å². The third-order valence-corrected chi connectivity index (χ3v) is 8.27. The van der Waals surface area contributed by atoms with Crippen LogP contribution in [0.3, 0.4) is 0 Å². The summed E-state index contributed by atoms with van der Waals surface area (Å²) in [5.74, 6) is 0.862. The Kier molecular flexibility index (Phi) is 21.4. The molecule has 0 aliphatic carbocycles. The summed E-state index contributed by atoms with van der Waals surface area (Å²) in [6.45, 7) is 2.27. The van der Waals surface area contributed by atoms with E-state index < -0.39 is 22.8 Å². The van der Waals surface area contributed by atoms with E-state index in [0.717, 1.165) is 12.2 Å². The summed E-state index contributed by atoms with van der Waals surface area (Å²) in [6.07, 6.45) is 22.0. The molecule has 2 N–H and O–H groups in total. The number of carboxylic acid groups (broad SMARTS) is 2. The fourth-order valence-corrected chi connectivity index (χ4v) is 6.08. The molecular weight excluding hydrogens is 384 g/mol. The normalized spacial score (nSPS) is 11.6. The Labute approximate surface area is 182 Å². The van der Waals surface area contributed by atoms with Gasteiger partial charge in [0.25, 0.3) is 0 Å². The van der Waals surface area contributed by atoms with Crippen molar-refractivity contribution in [1.82, 2.24) is 0 Å². The molecular formula is C24H48O4S. The van der Waals surface area contributed by atoms with Crippen LogP contribution in [0.5, 0.6) is 0 Å². The predicted octanol–water partition coefficient (Wildman–Crippen LogP) is 7.20. The van der Waals surface area contributed by atoms with Crippen LogP contribution in [0.4, 0.5) is 0 Å². The molecule has 0 aliphatic rings. The van der Waals surface area contributed by atoms with Gasteiger partial charge in [-0.3, -0.25) is 20.5 Å². The van der Waals surface area contributed by atoms with Gasteiger partial charge in [0.05, 0.1) is 12.8 Å². The zero-order chi connectivity index (χ0) is 21.6. The minimum atomic E-state index is -0.764. The van der Waals surface area contributed by atoms with Crippen molar-refractivity contribution in [3.8, 4) is 0 Å². The fraction of sp³-hybridized carbons (Fsp3) is 0.917. The Balaban J connectivity index is 3.42. The molecule has 0 bridgehead atoms. The minimum absolute atomic E-state index is 0.185. The number of aliphatic carboxylic acids is 2. The molecule has 0 aliphatic heterocycles. The molecule has 0 fully saturated rings. The minimum Gasteiger partial charge on any atom is -0.481 e. The van der Waals surface area contributed by atoms with Crippen LogP contribution >= 0.6 is 10.9 Å². The third kappa shape index (κ3) is 23.4. The van der Waals surface area contributed by atoms with E-state index in [2.05, 4.69) is 6.92 Å². The molecule has 0 amide bonds. The smallest absolute Gasteiger partial charge is 0.304 e. The van der Waals surface area contributed by atoms with Crippen molar-refractivity contribution >= 4 is 22.8 Å². The zero-order valence-corrected chi connectivity index (χ0v) is 19.9.